The number of carboxylic acid groups (broad SMARTS) is 1. The van der Waals surface area contributed by atoms with Gasteiger partial charge in [-0.25, -0.2) is 13.2 Å². The summed E-state index contributed by atoms with van der Waals surface area (Å²) in [5.74, 6) is -1.41. The van der Waals surface area contributed by atoms with Gasteiger partial charge in [0.25, 0.3) is 0 Å². The summed E-state index contributed by atoms with van der Waals surface area (Å²) in [7, 11) is -3.87. The maximum absolute atomic E-state index is 13.3. The van der Waals surface area contributed by atoms with Crippen molar-refractivity contribution in [1.29, 1.82) is 0 Å². The van der Waals surface area contributed by atoms with E-state index in [0.29, 0.717) is 16.3 Å². The lowest BCUT2D eigenvalue weighted by molar-refractivity contribution is -0.143. The van der Waals surface area contributed by atoms with Gasteiger partial charge in [0.05, 0.1) is 27.1 Å². The molecule has 2 aromatic carbocycles. The van der Waals surface area contributed by atoms with Gasteiger partial charge in [-0.1, -0.05) is 23.2 Å². The van der Waals surface area contributed by atoms with Crippen LogP contribution in [0.15, 0.2) is 29.2 Å². The largest absolute Gasteiger partial charge is 0.480 e. The molecule has 0 aliphatic heterocycles. The second-order valence-electron chi connectivity index (χ2n) is 7.92. The van der Waals surface area contributed by atoms with Crippen LogP contribution >= 0.6 is 23.2 Å². The Hall–Kier alpha value is -2.22. The van der Waals surface area contributed by atoms with Gasteiger partial charge in [0.2, 0.25) is 10.0 Å². The molecule has 0 saturated heterocycles. The normalized spacial score (nSPS) is 16.7. The number of alkyl halides is 6. The number of ether oxygens (including phenoxy) is 1. The second-order valence-corrected chi connectivity index (χ2v) is 10.7. The third kappa shape index (κ3) is 5.68. The van der Waals surface area contributed by atoms with Gasteiger partial charge in [-0.15, -0.1) is 0 Å². The van der Waals surface area contributed by atoms with E-state index in [1.165, 1.54) is 6.07 Å². The number of aliphatic carboxylic acids is 1. The molecule has 1 N–H and O–H groups in total. The standard InChI is InChI=1S/C21H17Cl2F6NO5S/c1-30(36(33,34)12-6-10(20(24,25)26)5-11(7-12)21(27,28)29)16-4-2-3-13-14(16)8-15(22)18(23)19(13)35-9-17(31)32/h5-8,16H,2-4,9H2,1H3,(H,31,32). The van der Waals surface area contributed by atoms with Crippen LogP contribution in [0.25, 0.3) is 0 Å². The van der Waals surface area contributed by atoms with Crippen LogP contribution < -0.4 is 4.74 Å². The molecule has 0 radical (unpaired) electrons. The summed E-state index contributed by atoms with van der Waals surface area (Å²) in [6.07, 6.45) is -9.71. The number of benzene rings is 2. The SMILES string of the molecule is CN(C1CCCc2c1cc(Cl)c(Cl)c2OCC(=O)O)S(=O)(=O)c1cc(C(F)(F)F)cc(C(F)(F)F)c1. The van der Waals surface area contributed by atoms with Gasteiger partial charge in [-0.05, 0) is 49.1 Å². The number of hydrogen-bond donors (Lipinski definition) is 1. The predicted molar refractivity (Wildman–Crippen MR) is 117 cm³/mol. The molecule has 0 fully saturated rings. The zero-order valence-corrected chi connectivity index (χ0v) is 20.5. The Balaban J connectivity index is 2.13. The Bertz CT molecular complexity index is 1260. The number of fused-ring (bicyclic) bond motifs is 1. The first-order valence-electron chi connectivity index (χ1n) is 10.1. The minimum atomic E-state index is -5.23. The molecule has 6 nitrogen and oxygen atoms in total. The van der Waals surface area contributed by atoms with Gasteiger partial charge in [-0.3, -0.25) is 0 Å². The van der Waals surface area contributed by atoms with E-state index >= 15 is 0 Å². The zero-order valence-electron chi connectivity index (χ0n) is 18.2. The van der Waals surface area contributed by atoms with Crippen molar-refractivity contribution in [2.24, 2.45) is 0 Å². The highest BCUT2D eigenvalue weighted by atomic mass is 35.5. The van der Waals surface area contributed by atoms with Crippen LogP contribution in [0.1, 0.15) is 41.1 Å². The lowest BCUT2D eigenvalue weighted by Gasteiger charge is -2.34. The summed E-state index contributed by atoms with van der Waals surface area (Å²) in [5.41, 5.74) is -2.96. The van der Waals surface area contributed by atoms with Crippen molar-refractivity contribution in [2.75, 3.05) is 13.7 Å². The minimum Gasteiger partial charge on any atom is -0.480 e. The van der Waals surface area contributed by atoms with Gasteiger partial charge in [0.1, 0.15) is 10.8 Å². The van der Waals surface area contributed by atoms with Crippen molar-refractivity contribution in [2.45, 2.75) is 42.6 Å². The number of carboxylic acids is 1. The minimum absolute atomic E-state index is 0.0875. The molecular weight excluding hydrogens is 563 g/mol. The number of nitrogens with zero attached hydrogens (tertiary/aromatic N) is 1. The first-order valence-corrected chi connectivity index (χ1v) is 12.3. The molecule has 198 valence electrons. The van der Waals surface area contributed by atoms with Crippen molar-refractivity contribution in [3.63, 3.8) is 0 Å². The van der Waals surface area contributed by atoms with E-state index in [1.807, 2.05) is 0 Å². The lowest BCUT2D eigenvalue weighted by atomic mass is 9.87. The van der Waals surface area contributed by atoms with Crippen LogP contribution in [0.3, 0.4) is 0 Å². The monoisotopic (exact) mass is 579 g/mol. The summed E-state index contributed by atoms with van der Waals surface area (Å²) in [5, 5.41) is 8.70. The molecule has 2 aromatic rings. The summed E-state index contributed by atoms with van der Waals surface area (Å²) >= 11 is 12.3. The van der Waals surface area contributed by atoms with Gasteiger partial charge in [0, 0.05) is 12.6 Å². The third-order valence-corrected chi connectivity index (χ3v) is 8.21. The number of carbonyl (C=O) groups is 1. The topological polar surface area (TPSA) is 83.9 Å². The van der Waals surface area contributed by atoms with Crippen LogP contribution in [0.5, 0.6) is 5.75 Å². The van der Waals surface area contributed by atoms with E-state index in [4.69, 9.17) is 33.0 Å². The molecule has 1 unspecified atom stereocenters. The summed E-state index contributed by atoms with van der Waals surface area (Å²) in [6.45, 7) is -0.782. The molecular formula is C21H17Cl2F6NO5S. The number of hydrogen-bond acceptors (Lipinski definition) is 4. The predicted octanol–water partition coefficient (Wildman–Crippen LogP) is 6.19. The van der Waals surface area contributed by atoms with Gasteiger partial charge < -0.3 is 9.84 Å². The highest BCUT2D eigenvalue weighted by molar-refractivity contribution is 7.89. The molecule has 0 spiro atoms. The molecule has 1 aliphatic rings. The molecule has 0 heterocycles. The Kier molecular flexibility index (Phi) is 7.81. The zero-order chi connectivity index (χ0) is 27.2. The van der Waals surface area contributed by atoms with E-state index < -0.39 is 57.0 Å². The third-order valence-electron chi connectivity index (χ3n) is 5.59. The van der Waals surface area contributed by atoms with E-state index in [0.717, 1.165) is 7.05 Å². The van der Waals surface area contributed by atoms with Crippen LogP contribution in [0.2, 0.25) is 10.0 Å². The van der Waals surface area contributed by atoms with E-state index in [2.05, 4.69) is 0 Å². The maximum atomic E-state index is 13.3. The van der Waals surface area contributed by atoms with Crippen molar-refractivity contribution >= 4 is 39.2 Å². The fourth-order valence-corrected chi connectivity index (χ4v) is 5.78. The highest BCUT2D eigenvalue weighted by Gasteiger charge is 2.40. The van der Waals surface area contributed by atoms with E-state index in [1.54, 1.807) is 0 Å². The average molecular weight is 580 g/mol. The molecule has 0 aromatic heterocycles. The van der Waals surface area contributed by atoms with Crippen LogP contribution in [0, 0.1) is 0 Å². The Labute approximate surface area is 211 Å². The van der Waals surface area contributed by atoms with Gasteiger partial charge >= 0.3 is 18.3 Å². The number of halogens is 8. The maximum Gasteiger partial charge on any atom is 0.416 e. The first-order chi connectivity index (χ1) is 16.4. The Morgan fingerprint density at radius 3 is 2.14 bits per heavy atom. The van der Waals surface area contributed by atoms with Crippen molar-refractivity contribution in [1.82, 2.24) is 4.31 Å². The molecule has 0 bridgehead atoms. The Morgan fingerprint density at radius 1 is 1.08 bits per heavy atom. The molecule has 0 amide bonds. The fourth-order valence-electron chi connectivity index (χ4n) is 3.91. The number of rotatable bonds is 6. The smallest absolute Gasteiger partial charge is 0.416 e. The molecule has 15 heteroatoms. The number of sulfonamides is 1. The van der Waals surface area contributed by atoms with E-state index in [-0.39, 0.29) is 52.4 Å². The molecule has 1 aliphatic carbocycles. The van der Waals surface area contributed by atoms with Crippen molar-refractivity contribution in [3.8, 4) is 5.75 Å². The fraction of sp³-hybridized carbons (Fsp3) is 0.381. The summed E-state index contributed by atoms with van der Waals surface area (Å²) < 4.78 is 112. The molecule has 0 saturated carbocycles. The van der Waals surface area contributed by atoms with Gasteiger partial charge in [-0.2, -0.15) is 30.6 Å². The van der Waals surface area contributed by atoms with Crippen LogP contribution in [-0.2, 0) is 33.6 Å². The first kappa shape index (κ1) is 28.4. The van der Waals surface area contributed by atoms with Gasteiger partial charge in [0.15, 0.2) is 6.61 Å². The summed E-state index contributed by atoms with van der Waals surface area (Å²) in [6, 6.07) is 0.366. The lowest BCUT2D eigenvalue weighted by Crippen LogP contribution is -2.34. The van der Waals surface area contributed by atoms with Crippen LogP contribution in [-0.4, -0.2) is 37.5 Å². The quantitative estimate of drug-likeness (QED) is 0.412. The molecule has 1 atom stereocenters. The highest BCUT2D eigenvalue weighted by Crippen LogP contribution is 2.46. The molecule has 3 rings (SSSR count). The Morgan fingerprint density at radius 2 is 1.64 bits per heavy atom. The molecule has 36 heavy (non-hydrogen) atoms. The second kappa shape index (κ2) is 9.92. The summed E-state index contributed by atoms with van der Waals surface area (Å²) in [4.78, 5) is 9.75. The average Bonchev–Trinajstić information content (AvgIpc) is 2.77. The van der Waals surface area contributed by atoms with Crippen molar-refractivity contribution < 1.29 is 49.4 Å². The van der Waals surface area contributed by atoms with Crippen molar-refractivity contribution in [3.05, 3.63) is 56.6 Å². The van der Waals surface area contributed by atoms with E-state index in [9.17, 15) is 39.6 Å². The van der Waals surface area contributed by atoms with Crippen LogP contribution in [0.4, 0.5) is 26.3 Å².